The summed E-state index contributed by atoms with van der Waals surface area (Å²) >= 11 is 0. The van der Waals surface area contributed by atoms with E-state index in [-0.39, 0.29) is 0 Å². The lowest BCUT2D eigenvalue weighted by Crippen LogP contribution is -2.57. The number of ether oxygens (including phenoxy) is 3. The molecule has 0 aromatic rings. The maximum atomic E-state index is 13.0. The zero-order valence-electron chi connectivity index (χ0n) is 16.4. The average molecular weight is 375 g/mol. The van der Waals surface area contributed by atoms with Crippen LogP contribution in [0.3, 0.4) is 0 Å². The Balaban J connectivity index is 3.55. The second-order valence-corrected chi connectivity index (χ2v) is 13.8. The Morgan fingerprint density at radius 2 is 0.840 bits per heavy atom. The van der Waals surface area contributed by atoms with Gasteiger partial charge in [-0.25, -0.2) is 14.4 Å². The highest BCUT2D eigenvalue weighted by molar-refractivity contribution is 8.98. The Morgan fingerprint density at radius 1 is 0.640 bits per heavy atom. The van der Waals surface area contributed by atoms with E-state index in [1.54, 1.807) is 62.3 Å². The molecule has 1 rings (SSSR count). The third-order valence-electron chi connectivity index (χ3n) is 2.98. The number of carbonyl (C=O) groups is 3. The van der Waals surface area contributed by atoms with Crippen LogP contribution in [0.4, 0.5) is 14.4 Å². The Bertz CT molecular complexity index is 635. The van der Waals surface area contributed by atoms with Crippen molar-refractivity contribution in [3.05, 3.63) is 0 Å². The molecule has 1 aliphatic heterocycles. The minimum atomic E-state index is -5.68. The molecule has 0 unspecified atom stereocenters. The SMILES string of the molecule is CC(C)(C)OC(=O)S1(N)(C(=O)OC(C)(C)C)(C(=O)OC(C)(C)C)C#C1. The van der Waals surface area contributed by atoms with Crippen LogP contribution in [0, 0.1) is 10.5 Å². The van der Waals surface area contributed by atoms with Crippen LogP contribution in [0.1, 0.15) is 62.3 Å². The summed E-state index contributed by atoms with van der Waals surface area (Å²) in [6.07, 6.45) is 0. The molecule has 0 spiro atoms. The van der Waals surface area contributed by atoms with Crippen molar-refractivity contribution >= 4 is 24.4 Å². The molecule has 0 saturated heterocycles. The summed E-state index contributed by atoms with van der Waals surface area (Å²) in [6.45, 7) is 14.3. The molecule has 1 aliphatic rings. The predicted octanol–water partition coefficient (Wildman–Crippen LogP) is 4.47. The summed E-state index contributed by atoms with van der Waals surface area (Å²) in [5.74, 6) is 0. The van der Waals surface area contributed by atoms with E-state index >= 15 is 0 Å². The standard InChI is InChI=1S/C17H29NO6S/c1-15(2,3)22-12(19)25(18,10-11-25,13(20)23-16(4,5)6)14(21)24-17(7,8)9/h18H2,1-9H3. The molecule has 0 saturated carbocycles. The first kappa shape index (κ1) is 21.3. The van der Waals surface area contributed by atoms with Gasteiger partial charge in [0.15, 0.2) is 0 Å². The van der Waals surface area contributed by atoms with Crippen molar-refractivity contribution in [3.8, 4) is 10.5 Å². The number of carbonyl (C=O) groups excluding carboxylic acids is 3. The highest BCUT2D eigenvalue weighted by Gasteiger charge is 2.86. The second kappa shape index (κ2) is 4.92. The molecule has 0 fully saturated rings. The molecule has 0 aromatic carbocycles. The summed E-state index contributed by atoms with van der Waals surface area (Å²) in [7, 11) is -5.68. The minimum absolute atomic E-state index is 0.999. The number of hydrogen-bond donors (Lipinski definition) is 1. The van der Waals surface area contributed by atoms with Crippen molar-refractivity contribution in [1.82, 2.24) is 0 Å². The van der Waals surface area contributed by atoms with Gasteiger partial charge in [-0.2, -0.15) is 0 Å². The first-order chi connectivity index (χ1) is 10.7. The van der Waals surface area contributed by atoms with Crippen LogP contribution < -0.4 is 5.14 Å². The summed E-state index contributed by atoms with van der Waals surface area (Å²) in [6, 6.07) is 0. The summed E-state index contributed by atoms with van der Waals surface area (Å²) < 4.78 is 15.9. The van der Waals surface area contributed by atoms with E-state index in [0.717, 1.165) is 0 Å². The van der Waals surface area contributed by atoms with Crippen LogP contribution in [0.2, 0.25) is 0 Å². The Kier molecular flexibility index (Phi) is 4.20. The lowest BCUT2D eigenvalue weighted by Gasteiger charge is -2.52. The molecule has 7 nitrogen and oxygen atoms in total. The van der Waals surface area contributed by atoms with Crippen LogP contribution in [0.5, 0.6) is 0 Å². The van der Waals surface area contributed by atoms with Gasteiger partial charge in [0.25, 0.3) is 0 Å². The van der Waals surface area contributed by atoms with Crippen LogP contribution in [-0.2, 0) is 14.2 Å². The second-order valence-electron chi connectivity index (χ2n) is 9.21. The molecule has 8 heteroatoms. The zero-order chi connectivity index (χ0) is 20.2. The molecular formula is C17H29NO6S. The number of rotatable bonds is 0. The maximum Gasteiger partial charge on any atom is 0.385 e. The molecule has 25 heavy (non-hydrogen) atoms. The van der Waals surface area contributed by atoms with E-state index in [1.165, 1.54) is 0 Å². The molecule has 144 valence electrons. The van der Waals surface area contributed by atoms with E-state index < -0.39 is 41.2 Å². The highest BCUT2D eigenvalue weighted by Crippen LogP contribution is 2.92. The van der Waals surface area contributed by atoms with Gasteiger partial charge in [0.1, 0.15) is 25.3 Å². The summed E-state index contributed by atoms with van der Waals surface area (Å²) in [4.78, 5) is 39.1. The lowest BCUT2D eigenvalue weighted by molar-refractivity contribution is 0.0619. The van der Waals surface area contributed by atoms with Crippen molar-refractivity contribution in [2.45, 2.75) is 79.1 Å². The van der Waals surface area contributed by atoms with Gasteiger partial charge < -0.3 is 14.2 Å². The highest BCUT2D eigenvalue weighted by atomic mass is 32.4. The van der Waals surface area contributed by atoms with Crippen molar-refractivity contribution in [1.29, 1.82) is 0 Å². The number of nitrogens with two attached hydrogens (primary N) is 1. The predicted molar refractivity (Wildman–Crippen MR) is 98.3 cm³/mol. The van der Waals surface area contributed by atoms with E-state index in [1.807, 2.05) is 0 Å². The molecular weight excluding hydrogens is 346 g/mol. The third-order valence-corrected chi connectivity index (χ3v) is 6.86. The van der Waals surface area contributed by atoms with Gasteiger partial charge in [0.2, 0.25) is 0 Å². The van der Waals surface area contributed by atoms with Gasteiger partial charge in [0, 0.05) is 0 Å². The normalized spacial score (nSPS) is 22.5. The fourth-order valence-corrected chi connectivity index (χ4v) is 4.61. The molecule has 0 aromatic heterocycles. The molecule has 0 radical (unpaired) electrons. The van der Waals surface area contributed by atoms with Crippen LogP contribution in [-0.4, -0.2) is 32.7 Å². The van der Waals surface area contributed by atoms with E-state index in [4.69, 9.17) is 19.3 Å². The van der Waals surface area contributed by atoms with Gasteiger partial charge in [-0.3, -0.25) is 5.14 Å². The fourth-order valence-electron chi connectivity index (χ4n) is 1.61. The van der Waals surface area contributed by atoms with E-state index in [9.17, 15) is 14.4 Å². The molecule has 0 amide bonds. The smallest absolute Gasteiger partial charge is 0.385 e. The van der Waals surface area contributed by atoms with Crippen molar-refractivity contribution < 1.29 is 28.6 Å². The largest absolute Gasteiger partial charge is 0.451 e. The van der Waals surface area contributed by atoms with Gasteiger partial charge in [-0.1, -0.05) is 0 Å². The van der Waals surface area contributed by atoms with Gasteiger partial charge in [0.05, 0.1) is 0 Å². The fraction of sp³-hybridized carbons (Fsp3) is 0.706. The monoisotopic (exact) mass is 375 g/mol. The summed E-state index contributed by atoms with van der Waals surface area (Å²) in [5.41, 5.74) is -3.00. The quantitative estimate of drug-likeness (QED) is 0.378. The van der Waals surface area contributed by atoms with Crippen molar-refractivity contribution in [2.24, 2.45) is 5.14 Å². The average Bonchev–Trinajstić information content (AvgIpc) is 2.97. The Morgan fingerprint density at radius 3 is 0.960 bits per heavy atom. The first-order valence-electron chi connectivity index (χ1n) is 7.84. The first-order valence-corrected chi connectivity index (χ1v) is 10.4. The molecule has 1 heterocycles. The van der Waals surface area contributed by atoms with Crippen molar-refractivity contribution in [3.63, 3.8) is 0 Å². The Labute approximate surface area is 148 Å². The van der Waals surface area contributed by atoms with Crippen LogP contribution in [0.15, 0.2) is 0 Å². The van der Waals surface area contributed by atoms with Crippen molar-refractivity contribution in [2.75, 3.05) is 0 Å². The maximum absolute atomic E-state index is 13.0. The topological polar surface area (TPSA) is 105 Å². The lowest BCUT2D eigenvalue weighted by atomic mass is 10.2. The number of hydrogen-bond acceptors (Lipinski definition) is 7. The molecule has 0 atom stereocenters. The van der Waals surface area contributed by atoms with Crippen LogP contribution in [0.25, 0.3) is 0 Å². The van der Waals surface area contributed by atoms with E-state index in [2.05, 4.69) is 10.5 Å². The Hall–Kier alpha value is -1.72. The van der Waals surface area contributed by atoms with Crippen LogP contribution >= 0.6 is 8.48 Å². The molecule has 0 bridgehead atoms. The summed E-state index contributed by atoms with van der Waals surface area (Å²) in [5, 5.41) is 7.25. The third kappa shape index (κ3) is 3.35. The van der Waals surface area contributed by atoms with E-state index in [0.29, 0.717) is 0 Å². The zero-order valence-corrected chi connectivity index (χ0v) is 17.3. The molecule has 2 N–H and O–H groups in total. The van der Waals surface area contributed by atoms with Gasteiger partial charge >= 0.3 is 15.9 Å². The minimum Gasteiger partial charge on any atom is -0.451 e. The van der Waals surface area contributed by atoms with Gasteiger partial charge in [-0.05, 0) is 72.8 Å². The van der Waals surface area contributed by atoms with Gasteiger partial charge in [-0.15, -0.1) is 0 Å². The molecule has 0 aliphatic carbocycles.